The fourth-order valence-electron chi connectivity index (χ4n) is 1.75. The molecule has 0 saturated heterocycles. The number of nitriles is 1. The standard InChI is InChI=1S/C14H29N3/c1-7-17(10-12(2)8-15)11-13(3)9-16-14(4,5)6/h12-13,16H,7,9-11H2,1-6H3. The highest BCUT2D eigenvalue weighted by atomic mass is 15.1. The van der Waals surface area contributed by atoms with E-state index in [0.29, 0.717) is 5.92 Å². The molecule has 0 amide bonds. The van der Waals surface area contributed by atoms with Crippen LogP contribution in [0, 0.1) is 23.2 Å². The summed E-state index contributed by atoms with van der Waals surface area (Å²) in [7, 11) is 0. The Bertz CT molecular complexity index is 237. The van der Waals surface area contributed by atoms with E-state index >= 15 is 0 Å². The van der Waals surface area contributed by atoms with Gasteiger partial charge in [0.15, 0.2) is 0 Å². The third kappa shape index (κ3) is 9.14. The fraction of sp³-hybridized carbons (Fsp3) is 0.929. The van der Waals surface area contributed by atoms with Crippen LogP contribution in [0.15, 0.2) is 0 Å². The second-order valence-corrected chi connectivity index (χ2v) is 6.12. The summed E-state index contributed by atoms with van der Waals surface area (Å²) < 4.78 is 0. The summed E-state index contributed by atoms with van der Waals surface area (Å²) in [6, 6.07) is 2.30. The zero-order valence-electron chi connectivity index (χ0n) is 12.4. The van der Waals surface area contributed by atoms with E-state index in [1.54, 1.807) is 0 Å². The van der Waals surface area contributed by atoms with Crippen molar-refractivity contribution < 1.29 is 0 Å². The summed E-state index contributed by atoms with van der Waals surface area (Å²) in [6.07, 6.45) is 0. The van der Waals surface area contributed by atoms with Crippen molar-refractivity contribution in [3.63, 3.8) is 0 Å². The molecule has 17 heavy (non-hydrogen) atoms. The molecule has 0 aliphatic rings. The molecule has 0 aromatic heterocycles. The van der Waals surface area contributed by atoms with Crippen LogP contribution in [0.25, 0.3) is 0 Å². The van der Waals surface area contributed by atoms with E-state index in [2.05, 4.69) is 50.9 Å². The first-order chi connectivity index (χ1) is 7.78. The Balaban J connectivity index is 3.99. The van der Waals surface area contributed by atoms with Crippen molar-refractivity contribution >= 4 is 0 Å². The quantitative estimate of drug-likeness (QED) is 0.742. The third-order valence-corrected chi connectivity index (χ3v) is 2.75. The van der Waals surface area contributed by atoms with Gasteiger partial charge in [0.2, 0.25) is 0 Å². The second-order valence-electron chi connectivity index (χ2n) is 6.12. The normalized spacial score (nSPS) is 15.6. The van der Waals surface area contributed by atoms with Crippen LogP contribution in [0.2, 0.25) is 0 Å². The Morgan fingerprint density at radius 2 is 1.82 bits per heavy atom. The first-order valence-corrected chi connectivity index (χ1v) is 6.65. The van der Waals surface area contributed by atoms with Gasteiger partial charge in [-0.3, -0.25) is 0 Å². The molecule has 100 valence electrons. The molecular weight excluding hydrogens is 210 g/mol. The van der Waals surface area contributed by atoms with Crippen molar-refractivity contribution in [1.82, 2.24) is 10.2 Å². The van der Waals surface area contributed by atoms with Gasteiger partial charge in [0.1, 0.15) is 0 Å². The van der Waals surface area contributed by atoms with E-state index in [9.17, 15) is 0 Å². The first kappa shape index (κ1) is 16.4. The molecule has 0 aromatic carbocycles. The molecule has 0 fully saturated rings. The van der Waals surface area contributed by atoms with Gasteiger partial charge in [-0.05, 0) is 46.7 Å². The molecule has 0 saturated carbocycles. The second kappa shape index (κ2) is 7.68. The van der Waals surface area contributed by atoms with Crippen LogP contribution in [0.1, 0.15) is 41.5 Å². The van der Waals surface area contributed by atoms with E-state index in [1.165, 1.54) is 0 Å². The van der Waals surface area contributed by atoms with Gasteiger partial charge in [0, 0.05) is 18.6 Å². The average Bonchev–Trinajstić information content (AvgIpc) is 2.24. The number of rotatable bonds is 7. The van der Waals surface area contributed by atoms with Crippen molar-refractivity contribution in [3.8, 4) is 6.07 Å². The largest absolute Gasteiger partial charge is 0.312 e. The number of hydrogen-bond acceptors (Lipinski definition) is 3. The predicted octanol–water partition coefficient (Wildman–Crippen LogP) is 2.49. The molecule has 0 aromatic rings. The van der Waals surface area contributed by atoms with Crippen LogP contribution >= 0.6 is 0 Å². The molecule has 0 spiro atoms. The highest BCUT2D eigenvalue weighted by Gasteiger charge is 2.14. The van der Waals surface area contributed by atoms with Gasteiger partial charge in [-0.25, -0.2) is 0 Å². The van der Waals surface area contributed by atoms with Crippen LogP contribution in [-0.2, 0) is 0 Å². The third-order valence-electron chi connectivity index (χ3n) is 2.75. The maximum atomic E-state index is 8.83. The van der Waals surface area contributed by atoms with Gasteiger partial charge in [0.25, 0.3) is 0 Å². The number of hydrogen-bond donors (Lipinski definition) is 1. The van der Waals surface area contributed by atoms with Crippen molar-refractivity contribution in [1.29, 1.82) is 5.26 Å². The lowest BCUT2D eigenvalue weighted by Gasteiger charge is -2.28. The minimum Gasteiger partial charge on any atom is -0.312 e. The van der Waals surface area contributed by atoms with Gasteiger partial charge in [-0.1, -0.05) is 13.8 Å². The Kier molecular flexibility index (Phi) is 7.41. The summed E-state index contributed by atoms with van der Waals surface area (Å²) >= 11 is 0. The van der Waals surface area contributed by atoms with Crippen molar-refractivity contribution in [2.75, 3.05) is 26.2 Å². The summed E-state index contributed by atoms with van der Waals surface area (Å²) in [5, 5.41) is 12.4. The molecule has 0 bridgehead atoms. The minimum absolute atomic E-state index is 0.123. The van der Waals surface area contributed by atoms with Crippen LogP contribution in [0.3, 0.4) is 0 Å². The van der Waals surface area contributed by atoms with E-state index < -0.39 is 0 Å². The molecular formula is C14H29N3. The highest BCUT2D eigenvalue weighted by Crippen LogP contribution is 2.05. The van der Waals surface area contributed by atoms with Gasteiger partial charge >= 0.3 is 0 Å². The molecule has 3 nitrogen and oxygen atoms in total. The average molecular weight is 239 g/mol. The molecule has 0 radical (unpaired) electrons. The number of nitrogens with one attached hydrogen (secondary N) is 1. The maximum Gasteiger partial charge on any atom is 0.0666 e. The lowest BCUT2D eigenvalue weighted by Crippen LogP contribution is -2.42. The zero-order chi connectivity index (χ0) is 13.5. The first-order valence-electron chi connectivity index (χ1n) is 6.65. The molecule has 2 atom stereocenters. The summed E-state index contributed by atoms with van der Waals surface area (Å²) in [5.74, 6) is 0.734. The predicted molar refractivity (Wildman–Crippen MR) is 73.8 cm³/mol. The maximum absolute atomic E-state index is 8.83. The van der Waals surface area contributed by atoms with Crippen LogP contribution in [-0.4, -0.2) is 36.6 Å². The van der Waals surface area contributed by atoms with E-state index in [1.807, 2.05) is 6.92 Å². The van der Waals surface area contributed by atoms with Crippen LogP contribution in [0.5, 0.6) is 0 Å². The number of nitrogens with zero attached hydrogens (tertiary/aromatic N) is 2. The molecule has 2 unspecified atom stereocenters. The molecule has 0 heterocycles. The van der Waals surface area contributed by atoms with E-state index in [0.717, 1.165) is 26.2 Å². The zero-order valence-corrected chi connectivity index (χ0v) is 12.4. The lowest BCUT2D eigenvalue weighted by molar-refractivity contribution is 0.224. The topological polar surface area (TPSA) is 39.1 Å². The summed E-state index contributed by atoms with van der Waals surface area (Å²) in [6.45, 7) is 17.0. The van der Waals surface area contributed by atoms with E-state index in [-0.39, 0.29) is 11.5 Å². The monoisotopic (exact) mass is 239 g/mol. The molecule has 0 aliphatic carbocycles. The van der Waals surface area contributed by atoms with Gasteiger partial charge < -0.3 is 10.2 Å². The van der Waals surface area contributed by atoms with Crippen LogP contribution < -0.4 is 5.32 Å². The smallest absolute Gasteiger partial charge is 0.0666 e. The Hall–Kier alpha value is -0.590. The Morgan fingerprint density at radius 3 is 2.24 bits per heavy atom. The van der Waals surface area contributed by atoms with Crippen molar-refractivity contribution in [3.05, 3.63) is 0 Å². The fourth-order valence-corrected chi connectivity index (χ4v) is 1.75. The van der Waals surface area contributed by atoms with Gasteiger partial charge in [-0.15, -0.1) is 0 Å². The van der Waals surface area contributed by atoms with Gasteiger partial charge in [-0.2, -0.15) is 5.26 Å². The SMILES string of the molecule is CCN(CC(C)C#N)CC(C)CNC(C)(C)C. The van der Waals surface area contributed by atoms with E-state index in [4.69, 9.17) is 5.26 Å². The van der Waals surface area contributed by atoms with Crippen molar-refractivity contribution in [2.24, 2.45) is 11.8 Å². The lowest BCUT2D eigenvalue weighted by atomic mass is 10.1. The van der Waals surface area contributed by atoms with Gasteiger partial charge in [0.05, 0.1) is 12.0 Å². The summed E-state index contributed by atoms with van der Waals surface area (Å²) in [4.78, 5) is 2.36. The minimum atomic E-state index is 0.123. The Labute approximate surface area is 107 Å². The molecule has 1 N–H and O–H groups in total. The molecule has 0 rings (SSSR count). The van der Waals surface area contributed by atoms with Crippen molar-refractivity contribution in [2.45, 2.75) is 47.1 Å². The Morgan fingerprint density at radius 1 is 1.24 bits per heavy atom. The highest BCUT2D eigenvalue weighted by molar-refractivity contribution is 4.82. The van der Waals surface area contributed by atoms with Crippen LogP contribution in [0.4, 0.5) is 0 Å². The molecule has 3 heteroatoms. The summed E-state index contributed by atoms with van der Waals surface area (Å²) in [5.41, 5.74) is 0.186. The molecule has 0 aliphatic heterocycles.